The lowest BCUT2D eigenvalue weighted by molar-refractivity contribution is 0.704. The molecule has 3 rings (SSSR count). The van der Waals surface area contributed by atoms with Crippen molar-refractivity contribution in [2.75, 3.05) is 18.0 Å². The minimum Gasteiger partial charge on any atom is -0.341 e. The van der Waals surface area contributed by atoms with Gasteiger partial charge in [0, 0.05) is 25.5 Å². The van der Waals surface area contributed by atoms with Crippen molar-refractivity contribution in [1.29, 1.82) is 0 Å². The molecule has 2 heterocycles. The Morgan fingerprint density at radius 3 is 2.84 bits per heavy atom. The Bertz CT molecular complexity index is 551. The number of nitrogens with zero attached hydrogens (tertiary/aromatic N) is 6. The predicted molar refractivity (Wildman–Crippen MR) is 72.6 cm³/mol. The number of hydrogen-bond donors (Lipinski definition) is 0. The minimum absolute atomic E-state index is 0.199. The highest BCUT2D eigenvalue weighted by Gasteiger charge is 2.25. The zero-order valence-electron chi connectivity index (χ0n) is 10.7. The van der Waals surface area contributed by atoms with Crippen LogP contribution in [0.5, 0.6) is 0 Å². The third-order valence-corrected chi connectivity index (χ3v) is 3.30. The van der Waals surface area contributed by atoms with Gasteiger partial charge in [0.1, 0.15) is 0 Å². The molecule has 0 radical (unpaired) electrons. The molecule has 100 valence electrons. The summed E-state index contributed by atoms with van der Waals surface area (Å²) in [5.74, 6) is 1.85. The van der Waals surface area contributed by atoms with Crippen LogP contribution in [0.3, 0.4) is 0 Å². The number of aromatic nitrogens is 5. The molecule has 1 saturated carbocycles. The molecule has 1 fully saturated rings. The first-order valence-electron chi connectivity index (χ1n) is 6.43. The van der Waals surface area contributed by atoms with Gasteiger partial charge in [-0.15, -0.1) is 0 Å². The van der Waals surface area contributed by atoms with Gasteiger partial charge in [-0.3, -0.25) is 0 Å². The second-order valence-corrected chi connectivity index (χ2v) is 4.98. The second kappa shape index (κ2) is 5.13. The summed E-state index contributed by atoms with van der Waals surface area (Å²) in [6.07, 6.45) is 6.05. The molecule has 19 heavy (non-hydrogen) atoms. The van der Waals surface area contributed by atoms with Crippen molar-refractivity contribution in [3.8, 4) is 5.95 Å². The summed E-state index contributed by atoms with van der Waals surface area (Å²) in [5.41, 5.74) is 0. The molecule has 0 amide bonds. The third-order valence-electron chi connectivity index (χ3n) is 3.13. The van der Waals surface area contributed by atoms with Crippen LogP contribution in [0.1, 0.15) is 19.8 Å². The van der Waals surface area contributed by atoms with E-state index in [4.69, 9.17) is 11.6 Å². The SMILES string of the molecule is CCN(CC1CC1)c1nc(Cl)nc(-n2cccn2)n1. The monoisotopic (exact) mass is 278 g/mol. The molecule has 1 aliphatic rings. The maximum atomic E-state index is 5.99. The standard InChI is InChI=1S/C12H15ClN6/c1-2-18(8-9-4-5-9)11-15-10(13)16-12(17-11)19-7-3-6-14-19/h3,6-7,9H,2,4-5,8H2,1H3. The van der Waals surface area contributed by atoms with Gasteiger partial charge in [-0.1, -0.05) is 0 Å². The van der Waals surface area contributed by atoms with Crippen LogP contribution < -0.4 is 4.90 Å². The Morgan fingerprint density at radius 1 is 1.37 bits per heavy atom. The zero-order chi connectivity index (χ0) is 13.2. The Hall–Kier alpha value is -1.69. The van der Waals surface area contributed by atoms with E-state index in [0.29, 0.717) is 11.9 Å². The maximum absolute atomic E-state index is 5.99. The highest BCUT2D eigenvalue weighted by atomic mass is 35.5. The van der Waals surface area contributed by atoms with Gasteiger partial charge in [-0.2, -0.15) is 20.1 Å². The Kier molecular flexibility index (Phi) is 3.33. The summed E-state index contributed by atoms with van der Waals surface area (Å²) >= 11 is 5.99. The van der Waals surface area contributed by atoms with Crippen molar-refractivity contribution in [3.05, 3.63) is 23.7 Å². The summed E-state index contributed by atoms with van der Waals surface area (Å²) in [6.45, 7) is 3.93. The molecule has 7 heteroatoms. The van der Waals surface area contributed by atoms with Gasteiger partial charge in [-0.05, 0) is 43.4 Å². The van der Waals surface area contributed by atoms with Crippen molar-refractivity contribution < 1.29 is 0 Å². The molecule has 0 aromatic carbocycles. The largest absolute Gasteiger partial charge is 0.341 e. The fraction of sp³-hybridized carbons (Fsp3) is 0.500. The van der Waals surface area contributed by atoms with Crippen molar-refractivity contribution in [1.82, 2.24) is 24.7 Å². The van der Waals surface area contributed by atoms with Crippen LogP contribution in [0.4, 0.5) is 5.95 Å². The van der Waals surface area contributed by atoms with Crippen LogP contribution >= 0.6 is 11.6 Å². The quantitative estimate of drug-likeness (QED) is 0.837. The summed E-state index contributed by atoms with van der Waals surface area (Å²) < 4.78 is 1.59. The molecule has 2 aromatic rings. The van der Waals surface area contributed by atoms with Gasteiger partial charge >= 0.3 is 0 Å². The molecular formula is C12H15ClN6. The molecule has 2 aromatic heterocycles. The Labute approximate surface area is 116 Å². The Balaban J connectivity index is 1.91. The third kappa shape index (κ3) is 2.84. The summed E-state index contributed by atoms with van der Waals surface area (Å²) in [7, 11) is 0. The molecule has 0 N–H and O–H groups in total. The number of rotatable bonds is 5. The Morgan fingerprint density at radius 2 is 2.21 bits per heavy atom. The van der Waals surface area contributed by atoms with Gasteiger partial charge in [-0.25, -0.2) is 4.68 Å². The summed E-state index contributed by atoms with van der Waals surface area (Å²) in [5, 5.41) is 4.31. The van der Waals surface area contributed by atoms with Gasteiger partial charge in [0.2, 0.25) is 11.2 Å². The van der Waals surface area contributed by atoms with E-state index in [-0.39, 0.29) is 5.28 Å². The highest BCUT2D eigenvalue weighted by Crippen LogP contribution is 2.30. The van der Waals surface area contributed by atoms with Crippen LogP contribution in [0.2, 0.25) is 5.28 Å². The fourth-order valence-corrected chi connectivity index (χ4v) is 2.08. The van der Waals surface area contributed by atoms with Crippen molar-refractivity contribution >= 4 is 17.5 Å². The van der Waals surface area contributed by atoms with E-state index in [2.05, 4.69) is 31.9 Å². The van der Waals surface area contributed by atoms with Gasteiger partial charge in [0.15, 0.2) is 0 Å². The molecule has 0 atom stereocenters. The van der Waals surface area contributed by atoms with E-state index in [9.17, 15) is 0 Å². The summed E-state index contributed by atoms with van der Waals surface area (Å²) in [6, 6.07) is 1.82. The van der Waals surface area contributed by atoms with Crippen molar-refractivity contribution in [2.24, 2.45) is 5.92 Å². The first kappa shape index (κ1) is 12.3. The number of anilines is 1. The van der Waals surface area contributed by atoms with Gasteiger partial charge in [0.25, 0.3) is 5.95 Å². The van der Waals surface area contributed by atoms with Crippen LogP contribution in [0.15, 0.2) is 18.5 Å². The van der Waals surface area contributed by atoms with E-state index in [1.165, 1.54) is 12.8 Å². The van der Waals surface area contributed by atoms with Crippen LogP contribution in [0.25, 0.3) is 5.95 Å². The van der Waals surface area contributed by atoms with Gasteiger partial charge < -0.3 is 4.90 Å². The first-order valence-corrected chi connectivity index (χ1v) is 6.80. The topological polar surface area (TPSA) is 59.7 Å². The van der Waals surface area contributed by atoms with E-state index in [1.807, 2.05) is 6.07 Å². The molecule has 0 bridgehead atoms. The molecular weight excluding hydrogens is 264 g/mol. The fourth-order valence-electron chi connectivity index (χ4n) is 1.92. The smallest absolute Gasteiger partial charge is 0.256 e. The minimum atomic E-state index is 0.199. The van der Waals surface area contributed by atoms with Crippen LogP contribution in [-0.4, -0.2) is 37.8 Å². The van der Waals surface area contributed by atoms with E-state index >= 15 is 0 Å². The lowest BCUT2D eigenvalue weighted by Gasteiger charge is -2.20. The lowest BCUT2D eigenvalue weighted by Crippen LogP contribution is -2.28. The van der Waals surface area contributed by atoms with Gasteiger partial charge in [0.05, 0.1) is 0 Å². The van der Waals surface area contributed by atoms with Crippen LogP contribution in [-0.2, 0) is 0 Å². The normalized spacial score (nSPS) is 14.6. The van der Waals surface area contributed by atoms with Crippen molar-refractivity contribution in [3.63, 3.8) is 0 Å². The molecule has 0 aliphatic heterocycles. The van der Waals surface area contributed by atoms with E-state index in [0.717, 1.165) is 19.0 Å². The second-order valence-electron chi connectivity index (χ2n) is 4.64. The first-order chi connectivity index (χ1) is 9.26. The molecule has 1 aliphatic carbocycles. The average molecular weight is 279 g/mol. The zero-order valence-corrected chi connectivity index (χ0v) is 11.5. The van der Waals surface area contributed by atoms with E-state index in [1.54, 1.807) is 17.1 Å². The predicted octanol–water partition coefficient (Wildman–Crippen LogP) is 1.95. The lowest BCUT2D eigenvalue weighted by atomic mass is 10.4. The molecule has 0 unspecified atom stereocenters. The van der Waals surface area contributed by atoms with Crippen LogP contribution in [0, 0.1) is 5.92 Å². The molecule has 0 saturated heterocycles. The number of hydrogen-bond acceptors (Lipinski definition) is 5. The average Bonchev–Trinajstić information content (AvgIpc) is 3.05. The number of halogens is 1. The van der Waals surface area contributed by atoms with Crippen molar-refractivity contribution in [2.45, 2.75) is 19.8 Å². The molecule has 6 nitrogen and oxygen atoms in total. The highest BCUT2D eigenvalue weighted by molar-refractivity contribution is 6.28. The maximum Gasteiger partial charge on any atom is 0.256 e. The summed E-state index contributed by atoms with van der Waals surface area (Å²) in [4.78, 5) is 14.9. The molecule has 0 spiro atoms. The van der Waals surface area contributed by atoms with E-state index < -0.39 is 0 Å².